The summed E-state index contributed by atoms with van der Waals surface area (Å²) >= 11 is 0. The Kier molecular flexibility index (Phi) is 6.03. The largest absolute Gasteiger partial charge is 0.366 e. The number of primary amides is 1. The molecule has 9 nitrogen and oxygen atoms in total. The lowest BCUT2D eigenvalue weighted by atomic mass is 9.93. The number of nitrogens with zero attached hydrogens (tertiary/aromatic N) is 4. The Morgan fingerprint density at radius 1 is 1.23 bits per heavy atom. The summed E-state index contributed by atoms with van der Waals surface area (Å²) in [7, 11) is 0. The van der Waals surface area contributed by atoms with Crippen molar-refractivity contribution in [3.8, 4) is 11.1 Å². The summed E-state index contributed by atoms with van der Waals surface area (Å²) in [6.07, 6.45) is 3.84. The van der Waals surface area contributed by atoms with Crippen molar-refractivity contribution >= 4 is 17.6 Å². The molecule has 0 bridgehead atoms. The lowest BCUT2D eigenvalue weighted by Gasteiger charge is -2.31. The first-order valence-electron chi connectivity index (χ1n) is 10.2. The van der Waals surface area contributed by atoms with Crippen LogP contribution in [0.25, 0.3) is 11.1 Å². The van der Waals surface area contributed by atoms with Crippen LogP contribution in [0.4, 0.5) is 5.82 Å². The summed E-state index contributed by atoms with van der Waals surface area (Å²) in [5.74, 6) is 0.0176. The van der Waals surface area contributed by atoms with Crippen LogP contribution in [-0.4, -0.2) is 51.6 Å². The molecule has 1 fully saturated rings. The molecule has 0 spiro atoms. The molecule has 1 atom stereocenters. The third kappa shape index (κ3) is 4.95. The Morgan fingerprint density at radius 2 is 2.10 bits per heavy atom. The number of carbonyl (C=O) groups excluding carboxylic acids is 2. The first-order chi connectivity index (χ1) is 15.0. The van der Waals surface area contributed by atoms with Crippen LogP contribution in [0.3, 0.4) is 0 Å². The average molecular weight is 420 g/mol. The Hall–Kier alpha value is -3.59. The average Bonchev–Trinajstić information content (AvgIpc) is 3.18. The Labute approximate surface area is 179 Å². The van der Waals surface area contributed by atoms with Gasteiger partial charge in [0.2, 0.25) is 11.8 Å². The molecule has 0 saturated carbocycles. The summed E-state index contributed by atoms with van der Waals surface area (Å²) in [5.41, 5.74) is 9.22. The van der Waals surface area contributed by atoms with Gasteiger partial charge in [-0.3, -0.25) is 19.5 Å². The number of nitrogens with one attached hydrogen (secondary N) is 1. The number of likely N-dealkylation sites (tertiary alicyclic amines) is 1. The zero-order valence-corrected chi connectivity index (χ0v) is 17.2. The highest BCUT2D eigenvalue weighted by molar-refractivity contribution is 5.94. The van der Waals surface area contributed by atoms with Crippen molar-refractivity contribution in [2.24, 2.45) is 5.73 Å². The minimum atomic E-state index is -0.451. The quantitative estimate of drug-likeness (QED) is 0.626. The zero-order valence-electron chi connectivity index (χ0n) is 17.2. The molecule has 4 rings (SSSR count). The van der Waals surface area contributed by atoms with E-state index < -0.39 is 5.91 Å². The number of benzene rings is 1. The van der Waals surface area contributed by atoms with Gasteiger partial charge >= 0.3 is 0 Å². The minimum absolute atomic E-state index is 0.142. The van der Waals surface area contributed by atoms with Gasteiger partial charge in [-0.2, -0.15) is 0 Å². The van der Waals surface area contributed by atoms with Gasteiger partial charge in [0.1, 0.15) is 5.69 Å². The molecule has 2 amide bonds. The zero-order chi connectivity index (χ0) is 21.8. The van der Waals surface area contributed by atoms with E-state index in [1.54, 1.807) is 19.1 Å². The van der Waals surface area contributed by atoms with Gasteiger partial charge in [0, 0.05) is 35.5 Å². The van der Waals surface area contributed by atoms with Crippen molar-refractivity contribution < 1.29 is 14.2 Å². The van der Waals surface area contributed by atoms with Gasteiger partial charge in [-0.25, -0.2) is 4.63 Å². The van der Waals surface area contributed by atoms with Crippen LogP contribution < -0.4 is 11.1 Å². The molecule has 0 radical (unpaired) electrons. The third-order valence-corrected chi connectivity index (χ3v) is 5.47. The molecular weight excluding hydrogens is 396 g/mol. The van der Waals surface area contributed by atoms with Crippen molar-refractivity contribution in [1.82, 2.24) is 20.2 Å². The van der Waals surface area contributed by atoms with Gasteiger partial charge in [-0.05, 0) is 55.2 Å². The number of anilines is 1. The molecule has 3 N–H and O–H groups in total. The smallest absolute Gasteiger partial charge is 0.248 e. The number of carbonyl (C=O) groups is 2. The molecule has 3 heterocycles. The Balaban J connectivity index is 1.39. The van der Waals surface area contributed by atoms with E-state index in [0.29, 0.717) is 17.1 Å². The van der Waals surface area contributed by atoms with E-state index in [-0.39, 0.29) is 18.4 Å². The molecule has 1 saturated heterocycles. The number of piperidine rings is 1. The minimum Gasteiger partial charge on any atom is -0.366 e. The molecule has 31 heavy (non-hydrogen) atoms. The molecule has 3 aromatic rings. The fourth-order valence-electron chi connectivity index (χ4n) is 3.83. The highest BCUT2D eigenvalue weighted by atomic mass is 16.6. The number of nitrogens with two attached hydrogens (primary N) is 1. The maximum Gasteiger partial charge on any atom is 0.248 e. The summed E-state index contributed by atoms with van der Waals surface area (Å²) < 4.78 is 4.61. The van der Waals surface area contributed by atoms with E-state index in [4.69, 9.17) is 5.73 Å². The lowest BCUT2D eigenvalue weighted by Crippen LogP contribution is -2.40. The number of aryl methyl sites for hydroxylation is 1. The molecule has 2 aromatic heterocycles. The molecule has 1 aromatic carbocycles. The van der Waals surface area contributed by atoms with E-state index in [1.807, 2.05) is 30.5 Å². The van der Waals surface area contributed by atoms with Crippen molar-refractivity contribution in [1.29, 1.82) is 0 Å². The molecule has 160 valence electrons. The van der Waals surface area contributed by atoms with Gasteiger partial charge < -0.3 is 11.1 Å². The van der Waals surface area contributed by atoms with E-state index in [2.05, 4.69) is 30.1 Å². The maximum atomic E-state index is 12.3. The molecular formula is C22H24N6O3. The van der Waals surface area contributed by atoms with Crippen molar-refractivity contribution in [2.45, 2.75) is 25.7 Å². The topological polar surface area (TPSA) is 127 Å². The van der Waals surface area contributed by atoms with Crippen molar-refractivity contribution in [3.05, 3.63) is 59.5 Å². The number of hydrogen-bond donors (Lipinski definition) is 2. The second kappa shape index (κ2) is 9.05. The van der Waals surface area contributed by atoms with E-state index >= 15 is 0 Å². The molecule has 1 unspecified atom stereocenters. The van der Waals surface area contributed by atoms with Crippen LogP contribution >= 0.6 is 0 Å². The van der Waals surface area contributed by atoms with E-state index in [9.17, 15) is 9.59 Å². The summed E-state index contributed by atoms with van der Waals surface area (Å²) in [6, 6.07) is 11.2. The van der Waals surface area contributed by atoms with Crippen LogP contribution in [0.5, 0.6) is 0 Å². The van der Waals surface area contributed by atoms with Gasteiger partial charge in [0.05, 0.1) is 6.54 Å². The van der Waals surface area contributed by atoms with Crippen LogP contribution in [0.15, 0.2) is 47.2 Å². The number of rotatable bonds is 6. The molecule has 0 aliphatic carbocycles. The monoisotopic (exact) mass is 420 g/mol. The molecule has 9 heteroatoms. The van der Waals surface area contributed by atoms with Crippen LogP contribution in [0.2, 0.25) is 0 Å². The third-order valence-electron chi connectivity index (χ3n) is 5.47. The van der Waals surface area contributed by atoms with Gasteiger partial charge in [0.15, 0.2) is 5.82 Å². The van der Waals surface area contributed by atoms with Gasteiger partial charge in [0.25, 0.3) is 0 Å². The predicted octanol–water partition coefficient (Wildman–Crippen LogP) is 2.36. The number of pyridine rings is 1. The SMILES string of the molecule is Cc1nonc1NC(=O)CN1CCCC(c2ccc(-c3cccc(C(N)=O)c3)cn2)C1. The van der Waals surface area contributed by atoms with Crippen molar-refractivity contribution in [2.75, 3.05) is 25.0 Å². The standard InChI is InChI=1S/C22H24N6O3/c1-14-22(27-31-26-14)25-20(29)13-28-9-3-6-18(12-28)19-8-7-17(11-24-19)15-4-2-5-16(10-15)21(23)30/h2,4-5,7-8,10-11,18H,3,6,9,12-13H2,1H3,(H2,23,30)(H,25,27,29). The Morgan fingerprint density at radius 3 is 2.81 bits per heavy atom. The van der Waals surface area contributed by atoms with E-state index in [0.717, 1.165) is 42.8 Å². The number of amides is 2. The highest BCUT2D eigenvalue weighted by Crippen LogP contribution is 2.27. The first-order valence-corrected chi connectivity index (χ1v) is 10.2. The second-order valence-electron chi connectivity index (χ2n) is 7.74. The van der Waals surface area contributed by atoms with Gasteiger partial charge in [-0.15, -0.1) is 0 Å². The lowest BCUT2D eigenvalue weighted by molar-refractivity contribution is -0.117. The highest BCUT2D eigenvalue weighted by Gasteiger charge is 2.24. The fourth-order valence-corrected chi connectivity index (χ4v) is 3.83. The van der Waals surface area contributed by atoms with E-state index in [1.165, 1.54) is 0 Å². The maximum absolute atomic E-state index is 12.3. The number of aromatic nitrogens is 3. The predicted molar refractivity (Wildman–Crippen MR) is 114 cm³/mol. The first kappa shape index (κ1) is 20.7. The molecule has 1 aliphatic rings. The molecule has 1 aliphatic heterocycles. The second-order valence-corrected chi connectivity index (χ2v) is 7.74. The summed E-state index contributed by atoms with van der Waals surface area (Å²) in [4.78, 5) is 30.5. The van der Waals surface area contributed by atoms with Crippen molar-refractivity contribution in [3.63, 3.8) is 0 Å². The summed E-state index contributed by atoms with van der Waals surface area (Å²) in [6.45, 7) is 3.62. The fraction of sp³-hybridized carbons (Fsp3) is 0.318. The summed E-state index contributed by atoms with van der Waals surface area (Å²) in [5, 5.41) is 10.1. The normalized spacial score (nSPS) is 16.7. The Bertz CT molecular complexity index is 1080. The number of hydrogen-bond acceptors (Lipinski definition) is 7. The van der Waals surface area contributed by atoms with Crippen LogP contribution in [0.1, 0.15) is 40.5 Å². The van der Waals surface area contributed by atoms with Crippen LogP contribution in [-0.2, 0) is 4.79 Å². The van der Waals surface area contributed by atoms with Crippen LogP contribution in [0, 0.1) is 6.92 Å². The van der Waals surface area contributed by atoms with Gasteiger partial charge in [-0.1, -0.05) is 23.4 Å².